The summed E-state index contributed by atoms with van der Waals surface area (Å²) in [5.74, 6) is -1.71. The summed E-state index contributed by atoms with van der Waals surface area (Å²) in [6, 6.07) is 9.60. The minimum absolute atomic E-state index is 0.0390. The van der Waals surface area contributed by atoms with Crippen molar-refractivity contribution in [3.63, 3.8) is 0 Å². The van der Waals surface area contributed by atoms with Gasteiger partial charge in [-0.15, -0.1) is 0 Å². The average Bonchev–Trinajstić information content (AvgIpc) is 2.61. The van der Waals surface area contributed by atoms with Gasteiger partial charge in [0.05, 0.1) is 12.5 Å². The van der Waals surface area contributed by atoms with Crippen LogP contribution in [0.2, 0.25) is 0 Å². The second-order valence-electron chi connectivity index (χ2n) is 6.08. The predicted molar refractivity (Wildman–Crippen MR) is 88.4 cm³/mol. The van der Waals surface area contributed by atoms with Crippen LogP contribution in [-0.4, -0.2) is 42.8 Å². The zero-order valence-corrected chi connectivity index (χ0v) is 13.9. The highest BCUT2D eigenvalue weighted by molar-refractivity contribution is 5.81. The van der Waals surface area contributed by atoms with Crippen molar-refractivity contribution in [2.45, 2.75) is 32.5 Å². The average molecular weight is 335 g/mol. The molecular formula is C18H25NO5. The minimum Gasteiger partial charge on any atom is -0.481 e. The molecule has 0 saturated carbocycles. The van der Waals surface area contributed by atoms with Crippen molar-refractivity contribution in [2.24, 2.45) is 11.8 Å². The van der Waals surface area contributed by atoms with E-state index in [1.54, 1.807) is 6.92 Å². The van der Waals surface area contributed by atoms with Crippen LogP contribution in [0.25, 0.3) is 0 Å². The van der Waals surface area contributed by atoms with Crippen LogP contribution in [0, 0.1) is 11.8 Å². The summed E-state index contributed by atoms with van der Waals surface area (Å²) in [6.07, 6.45) is 0.800. The molecule has 24 heavy (non-hydrogen) atoms. The fourth-order valence-corrected chi connectivity index (χ4v) is 2.80. The number of nitrogens with one attached hydrogen (secondary N) is 1. The molecule has 6 heteroatoms. The van der Waals surface area contributed by atoms with Gasteiger partial charge in [0.15, 0.2) is 0 Å². The monoisotopic (exact) mass is 335 g/mol. The molecule has 0 radical (unpaired) electrons. The summed E-state index contributed by atoms with van der Waals surface area (Å²) in [6.45, 7) is 3.30. The number of rotatable bonds is 8. The molecule has 0 aromatic heterocycles. The Kier molecular flexibility index (Phi) is 7.21. The van der Waals surface area contributed by atoms with Gasteiger partial charge < -0.3 is 19.9 Å². The van der Waals surface area contributed by atoms with Gasteiger partial charge in [-0.05, 0) is 31.2 Å². The number of amides is 1. The molecule has 132 valence electrons. The lowest BCUT2D eigenvalue weighted by molar-refractivity contribution is -0.145. The van der Waals surface area contributed by atoms with Crippen LogP contribution in [-0.2, 0) is 25.7 Å². The van der Waals surface area contributed by atoms with E-state index in [0.717, 1.165) is 5.56 Å². The number of ether oxygens (including phenoxy) is 2. The van der Waals surface area contributed by atoms with E-state index in [4.69, 9.17) is 9.47 Å². The molecule has 1 aromatic rings. The van der Waals surface area contributed by atoms with E-state index in [9.17, 15) is 14.7 Å². The van der Waals surface area contributed by atoms with Crippen LogP contribution in [0.15, 0.2) is 30.3 Å². The van der Waals surface area contributed by atoms with Crippen molar-refractivity contribution < 1.29 is 24.2 Å². The van der Waals surface area contributed by atoms with Gasteiger partial charge in [0.25, 0.3) is 0 Å². The van der Waals surface area contributed by atoms with Crippen LogP contribution >= 0.6 is 0 Å². The third kappa shape index (κ3) is 5.62. The summed E-state index contributed by atoms with van der Waals surface area (Å²) >= 11 is 0. The van der Waals surface area contributed by atoms with Gasteiger partial charge in [-0.25, -0.2) is 0 Å². The Hall–Kier alpha value is -1.92. The zero-order valence-electron chi connectivity index (χ0n) is 13.9. The van der Waals surface area contributed by atoms with Crippen molar-refractivity contribution in [1.29, 1.82) is 0 Å². The normalized spacial score (nSPS) is 17.9. The molecule has 2 N–H and O–H groups in total. The first kappa shape index (κ1) is 18.4. The minimum atomic E-state index is -0.875. The molecule has 6 nitrogen and oxygen atoms in total. The maximum atomic E-state index is 12.1. The molecule has 2 unspecified atom stereocenters. The molecule has 1 aliphatic heterocycles. The Morgan fingerprint density at radius 1 is 1.29 bits per heavy atom. The Bertz CT molecular complexity index is 527. The van der Waals surface area contributed by atoms with Crippen molar-refractivity contribution in [3.05, 3.63) is 35.9 Å². The summed E-state index contributed by atoms with van der Waals surface area (Å²) < 4.78 is 10.8. The summed E-state index contributed by atoms with van der Waals surface area (Å²) in [4.78, 5) is 23.6. The van der Waals surface area contributed by atoms with Crippen molar-refractivity contribution >= 4 is 11.9 Å². The fraction of sp³-hybridized carbons (Fsp3) is 0.556. The van der Waals surface area contributed by atoms with Crippen LogP contribution < -0.4 is 5.32 Å². The smallest absolute Gasteiger partial charge is 0.308 e. The van der Waals surface area contributed by atoms with Gasteiger partial charge in [-0.2, -0.15) is 0 Å². The van der Waals surface area contributed by atoms with Gasteiger partial charge in [-0.1, -0.05) is 30.3 Å². The zero-order chi connectivity index (χ0) is 17.4. The lowest BCUT2D eigenvalue weighted by Gasteiger charge is -2.28. The standard InChI is InChI=1S/C18H25NO5/c1-13(24-12-14-5-3-2-4-6-14)17(20)19-11-16(18(21)22)15-7-9-23-10-8-15/h2-6,13,15-16H,7-12H2,1H3,(H,19,20)(H,21,22). The van der Waals surface area contributed by atoms with E-state index in [0.29, 0.717) is 32.7 Å². The van der Waals surface area contributed by atoms with E-state index in [2.05, 4.69) is 5.32 Å². The first-order chi connectivity index (χ1) is 11.6. The Morgan fingerprint density at radius 3 is 2.58 bits per heavy atom. The number of aliphatic carboxylic acids is 1. The largest absolute Gasteiger partial charge is 0.481 e. The summed E-state index contributed by atoms with van der Waals surface area (Å²) in [7, 11) is 0. The lowest BCUT2D eigenvalue weighted by atomic mass is 9.86. The highest BCUT2D eigenvalue weighted by atomic mass is 16.5. The van der Waals surface area contributed by atoms with Gasteiger partial charge in [0.1, 0.15) is 6.10 Å². The lowest BCUT2D eigenvalue weighted by Crippen LogP contribution is -2.42. The van der Waals surface area contributed by atoms with E-state index in [-0.39, 0.29) is 18.4 Å². The summed E-state index contributed by atoms with van der Waals surface area (Å²) in [5.41, 5.74) is 0.989. The predicted octanol–water partition coefficient (Wildman–Crippen LogP) is 1.84. The van der Waals surface area contributed by atoms with Crippen LogP contribution in [0.5, 0.6) is 0 Å². The molecule has 1 aromatic carbocycles. The van der Waals surface area contributed by atoms with Crippen LogP contribution in [0.4, 0.5) is 0 Å². The van der Waals surface area contributed by atoms with E-state index >= 15 is 0 Å². The highest BCUT2D eigenvalue weighted by Gasteiger charge is 2.30. The van der Waals surface area contributed by atoms with Gasteiger partial charge >= 0.3 is 5.97 Å². The molecule has 0 aliphatic carbocycles. The van der Waals surface area contributed by atoms with E-state index < -0.39 is 18.0 Å². The number of carboxylic acid groups (broad SMARTS) is 1. The molecule has 1 amide bonds. The van der Waals surface area contributed by atoms with E-state index in [1.807, 2.05) is 30.3 Å². The first-order valence-electron chi connectivity index (χ1n) is 8.31. The maximum Gasteiger partial charge on any atom is 0.308 e. The molecule has 2 rings (SSSR count). The summed E-state index contributed by atoms with van der Waals surface area (Å²) in [5, 5.41) is 12.1. The number of carboxylic acids is 1. The molecule has 0 spiro atoms. The highest BCUT2D eigenvalue weighted by Crippen LogP contribution is 2.23. The quantitative estimate of drug-likeness (QED) is 0.757. The third-order valence-electron chi connectivity index (χ3n) is 4.36. The Labute approximate surface area is 142 Å². The molecule has 1 saturated heterocycles. The third-order valence-corrected chi connectivity index (χ3v) is 4.36. The number of hydrogen-bond acceptors (Lipinski definition) is 4. The maximum absolute atomic E-state index is 12.1. The second-order valence-corrected chi connectivity index (χ2v) is 6.08. The topological polar surface area (TPSA) is 84.9 Å². The molecule has 1 fully saturated rings. The molecule has 1 aliphatic rings. The Balaban J connectivity index is 1.78. The van der Waals surface area contributed by atoms with Gasteiger partial charge in [0, 0.05) is 19.8 Å². The molecule has 1 heterocycles. The SMILES string of the molecule is CC(OCc1ccccc1)C(=O)NCC(C(=O)O)C1CCOCC1. The fourth-order valence-electron chi connectivity index (χ4n) is 2.80. The second kappa shape index (κ2) is 9.39. The number of carbonyl (C=O) groups excluding carboxylic acids is 1. The van der Waals surface area contributed by atoms with Crippen molar-refractivity contribution in [1.82, 2.24) is 5.32 Å². The molecule has 0 bridgehead atoms. The van der Waals surface area contributed by atoms with Gasteiger partial charge in [0.2, 0.25) is 5.91 Å². The van der Waals surface area contributed by atoms with Gasteiger partial charge in [-0.3, -0.25) is 9.59 Å². The van der Waals surface area contributed by atoms with Crippen molar-refractivity contribution in [2.75, 3.05) is 19.8 Å². The van der Waals surface area contributed by atoms with E-state index in [1.165, 1.54) is 0 Å². The number of carbonyl (C=O) groups is 2. The van der Waals surface area contributed by atoms with Crippen LogP contribution in [0.3, 0.4) is 0 Å². The number of hydrogen-bond donors (Lipinski definition) is 2. The molecular weight excluding hydrogens is 310 g/mol. The number of benzene rings is 1. The first-order valence-corrected chi connectivity index (χ1v) is 8.31. The Morgan fingerprint density at radius 2 is 1.96 bits per heavy atom. The van der Waals surface area contributed by atoms with Crippen LogP contribution in [0.1, 0.15) is 25.3 Å². The molecule has 2 atom stereocenters. The van der Waals surface area contributed by atoms with Crippen molar-refractivity contribution in [3.8, 4) is 0 Å².